The quantitative estimate of drug-likeness (QED) is 0.603. The van der Waals surface area contributed by atoms with Crippen molar-refractivity contribution in [3.8, 4) is 0 Å². The van der Waals surface area contributed by atoms with E-state index in [1.165, 1.54) is 22.3 Å². The third-order valence-electron chi connectivity index (χ3n) is 5.37. The molecule has 0 fully saturated rings. The minimum absolute atomic E-state index is 0.242. The van der Waals surface area contributed by atoms with Crippen LogP contribution in [0.25, 0.3) is 0 Å². The fourth-order valence-corrected chi connectivity index (χ4v) is 4.57. The largest absolute Gasteiger partial charge is 0.246 e. The van der Waals surface area contributed by atoms with E-state index in [2.05, 4.69) is 70.0 Å². The summed E-state index contributed by atoms with van der Waals surface area (Å²) in [5, 5.41) is 0. The summed E-state index contributed by atoms with van der Waals surface area (Å²) in [6.45, 7) is -0.405. The van der Waals surface area contributed by atoms with Gasteiger partial charge in [0.2, 0.25) is 0 Å². The maximum atomic E-state index is 13.9. The molecule has 0 spiro atoms. The zero-order chi connectivity index (χ0) is 16.5. The molecular formula is C22H22FP. The van der Waals surface area contributed by atoms with E-state index in [1.807, 2.05) is 6.08 Å². The second-order valence-electron chi connectivity index (χ2n) is 6.65. The van der Waals surface area contributed by atoms with Gasteiger partial charge in [-0.1, -0.05) is 66.8 Å². The average molecular weight is 336 g/mol. The second-order valence-corrected chi connectivity index (χ2v) is 7.06. The summed E-state index contributed by atoms with van der Waals surface area (Å²) in [5.74, 6) is 1.00. The van der Waals surface area contributed by atoms with Gasteiger partial charge in [-0.15, -0.1) is 9.24 Å². The van der Waals surface area contributed by atoms with Crippen molar-refractivity contribution in [3.05, 3.63) is 94.7 Å². The Morgan fingerprint density at radius 3 is 2.67 bits per heavy atom. The number of alkyl halides is 1. The third kappa shape index (κ3) is 2.56. The first-order valence-electron chi connectivity index (χ1n) is 8.64. The molecule has 0 aromatic heterocycles. The molecule has 0 aromatic rings. The van der Waals surface area contributed by atoms with Crippen LogP contribution in [0.2, 0.25) is 0 Å². The Balaban J connectivity index is 1.92. The highest BCUT2D eigenvalue weighted by Gasteiger charge is 2.33. The van der Waals surface area contributed by atoms with Crippen LogP contribution in [0.4, 0.5) is 4.39 Å². The van der Waals surface area contributed by atoms with E-state index in [1.54, 1.807) is 0 Å². The number of hydrogen-bond donors (Lipinski definition) is 0. The Labute approximate surface area is 145 Å². The summed E-state index contributed by atoms with van der Waals surface area (Å²) in [6.07, 6.45) is 25.8. The number of fused-ring (bicyclic) bond motifs is 2. The fourth-order valence-electron chi connectivity index (χ4n) is 4.20. The maximum absolute atomic E-state index is 13.9. The first-order valence-corrected chi connectivity index (χ1v) is 9.46. The molecule has 0 heterocycles. The highest BCUT2D eigenvalue weighted by Crippen LogP contribution is 2.46. The van der Waals surface area contributed by atoms with Gasteiger partial charge < -0.3 is 0 Å². The minimum Gasteiger partial charge on any atom is -0.246 e. The van der Waals surface area contributed by atoms with Gasteiger partial charge in [0.05, 0.1) is 0 Å². The smallest absolute Gasteiger partial charge is 0.115 e. The monoisotopic (exact) mass is 336 g/mol. The molecule has 0 aromatic carbocycles. The predicted molar refractivity (Wildman–Crippen MR) is 103 cm³/mol. The molecule has 0 saturated carbocycles. The van der Waals surface area contributed by atoms with Crippen LogP contribution in [-0.4, -0.2) is 12.8 Å². The van der Waals surface area contributed by atoms with E-state index in [0.29, 0.717) is 11.8 Å². The Kier molecular flexibility index (Phi) is 4.37. The zero-order valence-corrected chi connectivity index (χ0v) is 14.8. The third-order valence-corrected chi connectivity index (χ3v) is 5.81. The molecule has 4 rings (SSSR count). The Morgan fingerprint density at radius 2 is 1.83 bits per heavy atom. The summed E-state index contributed by atoms with van der Waals surface area (Å²) in [6, 6.07) is 0. The lowest BCUT2D eigenvalue weighted by atomic mass is 9.69. The van der Waals surface area contributed by atoms with E-state index in [9.17, 15) is 4.39 Å². The molecule has 122 valence electrons. The topological polar surface area (TPSA) is 0 Å². The van der Waals surface area contributed by atoms with Gasteiger partial charge in [-0.25, -0.2) is 4.39 Å². The van der Waals surface area contributed by atoms with Gasteiger partial charge in [-0.2, -0.15) is 0 Å². The zero-order valence-electron chi connectivity index (χ0n) is 13.7. The lowest BCUT2D eigenvalue weighted by Gasteiger charge is -2.36. The van der Waals surface area contributed by atoms with Crippen LogP contribution in [0.5, 0.6) is 0 Å². The van der Waals surface area contributed by atoms with Crippen LogP contribution < -0.4 is 0 Å². The number of rotatable bonds is 3. The van der Waals surface area contributed by atoms with Crippen molar-refractivity contribution in [3.63, 3.8) is 0 Å². The average Bonchev–Trinajstić information content (AvgIpc) is 2.66. The van der Waals surface area contributed by atoms with Gasteiger partial charge in [-0.3, -0.25) is 0 Å². The minimum atomic E-state index is -0.405. The van der Waals surface area contributed by atoms with Crippen molar-refractivity contribution in [2.75, 3.05) is 12.8 Å². The fraction of sp³-hybridized carbons (Fsp3) is 0.273. The summed E-state index contributed by atoms with van der Waals surface area (Å²) in [5.41, 5.74) is 6.01. The Morgan fingerprint density at radius 1 is 1.00 bits per heavy atom. The molecule has 0 saturated heterocycles. The van der Waals surface area contributed by atoms with Crippen molar-refractivity contribution < 1.29 is 4.39 Å². The highest BCUT2D eigenvalue weighted by atomic mass is 31.0. The first-order chi connectivity index (χ1) is 11.8. The second kappa shape index (κ2) is 6.65. The van der Waals surface area contributed by atoms with Crippen LogP contribution >= 0.6 is 9.24 Å². The van der Waals surface area contributed by atoms with Gasteiger partial charge in [0.25, 0.3) is 0 Å². The van der Waals surface area contributed by atoms with E-state index in [4.69, 9.17) is 0 Å². The molecule has 2 heteroatoms. The molecule has 0 N–H and O–H groups in total. The summed E-state index contributed by atoms with van der Waals surface area (Å²) in [4.78, 5) is 0. The van der Waals surface area contributed by atoms with Crippen molar-refractivity contribution >= 4 is 9.24 Å². The van der Waals surface area contributed by atoms with Gasteiger partial charge >= 0.3 is 0 Å². The van der Waals surface area contributed by atoms with Crippen molar-refractivity contribution in [1.29, 1.82) is 0 Å². The first kappa shape index (κ1) is 15.8. The predicted octanol–water partition coefficient (Wildman–Crippen LogP) is 5.42. The lowest BCUT2D eigenvalue weighted by molar-refractivity contribution is 0.529. The van der Waals surface area contributed by atoms with E-state index >= 15 is 0 Å². The van der Waals surface area contributed by atoms with Crippen LogP contribution in [-0.2, 0) is 0 Å². The van der Waals surface area contributed by atoms with Crippen LogP contribution in [0.3, 0.4) is 0 Å². The lowest BCUT2D eigenvalue weighted by Crippen LogP contribution is -2.24. The van der Waals surface area contributed by atoms with Gasteiger partial charge in [0.15, 0.2) is 0 Å². The van der Waals surface area contributed by atoms with E-state index in [-0.39, 0.29) is 5.92 Å². The van der Waals surface area contributed by atoms with Crippen LogP contribution in [0.15, 0.2) is 94.7 Å². The van der Waals surface area contributed by atoms with Crippen molar-refractivity contribution in [1.82, 2.24) is 0 Å². The SMILES string of the molecule is FCC1=C(C2=C3C=CC=CC3CC=C2CP)C2C=CC=CC2C=C1. The molecule has 0 nitrogen and oxygen atoms in total. The Hall–Kier alpha value is -1.72. The summed E-state index contributed by atoms with van der Waals surface area (Å²) >= 11 is 0. The van der Waals surface area contributed by atoms with E-state index in [0.717, 1.165) is 18.2 Å². The van der Waals surface area contributed by atoms with Crippen LogP contribution in [0, 0.1) is 17.8 Å². The molecule has 4 unspecified atom stereocenters. The molecule has 4 atom stereocenters. The molecule has 0 radical (unpaired) electrons. The number of hydrogen-bond acceptors (Lipinski definition) is 0. The summed E-state index contributed by atoms with van der Waals surface area (Å²) in [7, 11) is 2.85. The van der Waals surface area contributed by atoms with E-state index < -0.39 is 6.67 Å². The molecule has 0 amide bonds. The molecular weight excluding hydrogens is 314 g/mol. The molecule has 0 bridgehead atoms. The van der Waals surface area contributed by atoms with Crippen LogP contribution in [0.1, 0.15) is 6.42 Å². The van der Waals surface area contributed by atoms with Gasteiger partial charge in [0, 0.05) is 17.8 Å². The summed E-state index contributed by atoms with van der Waals surface area (Å²) < 4.78 is 13.9. The van der Waals surface area contributed by atoms with Gasteiger partial charge in [0.1, 0.15) is 6.67 Å². The standard InChI is InChI=1S/C22H22FP/c23-13-17-11-9-15-5-1-3-7-19(15)21(17)22-18(14-24)12-10-16-6-2-4-8-20(16)22/h1-9,11-12,15-16,19H,10,13-14,24H2. The number of halogens is 1. The molecule has 4 aliphatic rings. The maximum Gasteiger partial charge on any atom is 0.115 e. The Bertz CT molecular complexity index is 783. The molecule has 0 aliphatic heterocycles. The molecule has 4 aliphatic carbocycles. The molecule has 24 heavy (non-hydrogen) atoms. The van der Waals surface area contributed by atoms with Crippen molar-refractivity contribution in [2.45, 2.75) is 6.42 Å². The normalized spacial score (nSPS) is 30.6. The van der Waals surface area contributed by atoms with Crippen molar-refractivity contribution in [2.24, 2.45) is 17.8 Å². The highest BCUT2D eigenvalue weighted by molar-refractivity contribution is 7.16. The van der Waals surface area contributed by atoms with Gasteiger partial charge in [-0.05, 0) is 40.4 Å². The number of allylic oxidation sites excluding steroid dienone is 16.